The molecule has 0 aromatic heterocycles. The minimum absolute atomic E-state index is 0.0317. The molecular formula is C12H12F4N4. The zero-order valence-corrected chi connectivity index (χ0v) is 10.1. The molecule has 20 heavy (non-hydrogen) atoms. The number of halogens is 4. The number of benzene rings is 2. The molecule has 0 amide bonds. The summed E-state index contributed by atoms with van der Waals surface area (Å²) in [6.45, 7) is 0. The standard InChI is InChI=1S/2C6H6F2N2/c7-3-1-5(9)4(8)2-6(3)10;7-4-1-3(9)2-5(8)6(4)10/h2*1-2H,9-10H2. The van der Waals surface area contributed by atoms with Crippen LogP contribution in [0.4, 0.5) is 40.3 Å². The maximum absolute atomic E-state index is 12.4. The zero-order valence-electron chi connectivity index (χ0n) is 10.1. The fraction of sp³-hybridized carbons (Fsp3) is 0. The van der Waals surface area contributed by atoms with Crippen molar-refractivity contribution in [3.8, 4) is 0 Å². The molecule has 0 spiro atoms. The van der Waals surface area contributed by atoms with E-state index in [1.807, 2.05) is 0 Å². The summed E-state index contributed by atoms with van der Waals surface area (Å²) in [5.41, 5.74) is 19.2. The molecule has 0 fully saturated rings. The first-order valence-corrected chi connectivity index (χ1v) is 5.22. The highest BCUT2D eigenvalue weighted by Crippen LogP contribution is 2.18. The van der Waals surface area contributed by atoms with Crippen LogP contribution >= 0.6 is 0 Å². The summed E-state index contributed by atoms with van der Waals surface area (Å²) >= 11 is 0. The van der Waals surface area contributed by atoms with Crippen molar-refractivity contribution in [1.82, 2.24) is 0 Å². The van der Waals surface area contributed by atoms with E-state index in [9.17, 15) is 17.6 Å². The van der Waals surface area contributed by atoms with Gasteiger partial charge in [0.2, 0.25) is 0 Å². The summed E-state index contributed by atoms with van der Waals surface area (Å²) in [6, 6.07) is 3.64. The van der Waals surface area contributed by atoms with Crippen LogP contribution in [0.5, 0.6) is 0 Å². The molecule has 4 nitrogen and oxygen atoms in total. The molecule has 0 unspecified atom stereocenters. The lowest BCUT2D eigenvalue weighted by Gasteiger charge is -1.98. The van der Waals surface area contributed by atoms with E-state index in [0.29, 0.717) is 0 Å². The summed E-state index contributed by atoms with van der Waals surface area (Å²) < 4.78 is 49.6. The first-order valence-electron chi connectivity index (χ1n) is 5.22. The first-order chi connectivity index (χ1) is 9.22. The third kappa shape index (κ3) is 3.67. The minimum Gasteiger partial charge on any atom is -0.399 e. The van der Waals surface area contributed by atoms with Crippen LogP contribution in [-0.4, -0.2) is 0 Å². The van der Waals surface area contributed by atoms with Crippen LogP contribution in [0.15, 0.2) is 24.3 Å². The molecular weight excluding hydrogens is 276 g/mol. The van der Waals surface area contributed by atoms with Crippen LogP contribution in [0.1, 0.15) is 0 Å². The second kappa shape index (κ2) is 6.00. The van der Waals surface area contributed by atoms with Crippen LogP contribution in [-0.2, 0) is 0 Å². The van der Waals surface area contributed by atoms with Crippen LogP contribution < -0.4 is 22.9 Å². The van der Waals surface area contributed by atoms with Gasteiger partial charge in [-0.05, 0) is 12.1 Å². The van der Waals surface area contributed by atoms with Gasteiger partial charge in [0.25, 0.3) is 0 Å². The van der Waals surface area contributed by atoms with E-state index in [1.165, 1.54) is 0 Å². The number of anilines is 4. The van der Waals surface area contributed by atoms with Gasteiger partial charge in [0.05, 0.1) is 11.4 Å². The molecule has 0 bridgehead atoms. The number of nitrogen functional groups attached to an aromatic ring is 4. The molecule has 0 saturated heterocycles. The van der Waals surface area contributed by atoms with Gasteiger partial charge in [0.15, 0.2) is 11.6 Å². The van der Waals surface area contributed by atoms with E-state index in [4.69, 9.17) is 22.9 Å². The number of rotatable bonds is 0. The quantitative estimate of drug-likeness (QED) is 0.441. The van der Waals surface area contributed by atoms with Crippen molar-refractivity contribution in [2.45, 2.75) is 0 Å². The molecule has 2 aromatic carbocycles. The topological polar surface area (TPSA) is 104 Å². The zero-order chi connectivity index (χ0) is 15.4. The van der Waals surface area contributed by atoms with Gasteiger partial charge in [0.1, 0.15) is 17.3 Å². The van der Waals surface area contributed by atoms with Gasteiger partial charge in [-0.25, -0.2) is 17.6 Å². The predicted molar refractivity (Wildman–Crippen MR) is 70.4 cm³/mol. The highest BCUT2D eigenvalue weighted by molar-refractivity contribution is 5.51. The summed E-state index contributed by atoms with van der Waals surface area (Å²) in [4.78, 5) is 0. The lowest BCUT2D eigenvalue weighted by atomic mass is 10.2. The van der Waals surface area contributed by atoms with Crippen molar-refractivity contribution in [3.05, 3.63) is 47.5 Å². The molecule has 2 aromatic rings. The first kappa shape index (κ1) is 15.4. The molecule has 0 atom stereocenters. The molecule has 2 rings (SSSR count). The number of hydrogen-bond donors (Lipinski definition) is 4. The Bertz CT molecular complexity index is 558. The fourth-order valence-corrected chi connectivity index (χ4v) is 1.18. The lowest BCUT2D eigenvalue weighted by Crippen LogP contribution is -1.97. The Balaban J connectivity index is 0.000000200. The lowest BCUT2D eigenvalue weighted by molar-refractivity contribution is 0.593. The Morgan fingerprint density at radius 1 is 0.550 bits per heavy atom. The highest BCUT2D eigenvalue weighted by atomic mass is 19.1. The van der Waals surface area contributed by atoms with Crippen molar-refractivity contribution in [1.29, 1.82) is 0 Å². The second-order valence-electron chi connectivity index (χ2n) is 3.79. The van der Waals surface area contributed by atoms with Crippen molar-refractivity contribution < 1.29 is 17.6 Å². The van der Waals surface area contributed by atoms with Gasteiger partial charge < -0.3 is 22.9 Å². The van der Waals surface area contributed by atoms with Crippen LogP contribution in [0.2, 0.25) is 0 Å². The monoisotopic (exact) mass is 288 g/mol. The summed E-state index contributed by atoms with van der Waals surface area (Å²) in [7, 11) is 0. The van der Waals surface area contributed by atoms with Crippen molar-refractivity contribution in [2.75, 3.05) is 22.9 Å². The summed E-state index contributed by atoms with van der Waals surface area (Å²) in [5.74, 6) is -3.03. The van der Waals surface area contributed by atoms with Crippen LogP contribution in [0.25, 0.3) is 0 Å². The van der Waals surface area contributed by atoms with E-state index < -0.39 is 29.0 Å². The molecule has 0 radical (unpaired) electrons. The van der Waals surface area contributed by atoms with Gasteiger partial charge >= 0.3 is 0 Å². The van der Waals surface area contributed by atoms with E-state index in [2.05, 4.69) is 0 Å². The van der Waals surface area contributed by atoms with E-state index in [1.54, 1.807) is 0 Å². The van der Waals surface area contributed by atoms with Gasteiger partial charge in [-0.2, -0.15) is 0 Å². The van der Waals surface area contributed by atoms with Crippen molar-refractivity contribution in [3.63, 3.8) is 0 Å². The molecule has 0 heterocycles. The van der Waals surface area contributed by atoms with Crippen molar-refractivity contribution >= 4 is 22.7 Å². The largest absolute Gasteiger partial charge is 0.399 e. The number of hydrogen-bond acceptors (Lipinski definition) is 4. The molecule has 0 saturated carbocycles. The summed E-state index contributed by atoms with van der Waals surface area (Å²) in [6.07, 6.45) is 0. The predicted octanol–water partition coefficient (Wildman–Crippen LogP) is 2.26. The molecule has 0 aliphatic carbocycles. The highest BCUT2D eigenvalue weighted by Gasteiger charge is 2.04. The van der Waals surface area contributed by atoms with E-state index >= 15 is 0 Å². The third-order valence-corrected chi connectivity index (χ3v) is 2.22. The second-order valence-corrected chi connectivity index (χ2v) is 3.79. The molecule has 0 aliphatic rings. The minimum atomic E-state index is -0.822. The van der Waals surface area contributed by atoms with Gasteiger partial charge in [0, 0.05) is 17.8 Å². The Morgan fingerprint density at radius 3 is 1.25 bits per heavy atom. The fourth-order valence-electron chi connectivity index (χ4n) is 1.18. The van der Waals surface area contributed by atoms with Gasteiger partial charge in [-0.15, -0.1) is 0 Å². The Labute approximate surface area is 112 Å². The maximum Gasteiger partial charge on any atom is 0.151 e. The van der Waals surface area contributed by atoms with Crippen molar-refractivity contribution in [2.24, 2.45) is 0 Å². The van der Waals surface area contributed by atoms with Crippen LogP contribution in [0, 0.1) is 23.3 Å². The Morgan fingerprint density at radius 2 is 0.900 bits per heavy atom. The Kier molecular flexibility index (Phi) is 4.63. The summed E-state index contributed by atoms with van der Waals surface area (Å²) in [5, 5.41) is 0. The molecule has 108 valence electrons. The average Bonchev–Trinajstić information content (AvgIpc) is 2.34. The normalized spacial score (nSPS) is 9.80. The van der Waals surface area contributed by atoms with Crippen LogP contribution in [0.3, 0.4) is 0 Å². The maximum atomic E-state index is 12.4. The molecule has 8 heteroatoms. The smallest absolute Gasteiger partial charge is 0.151 e. The average molecular weight is 288 g/mol. The van der Waals surface area contributed by atoms with E-state index in [-0.39, 0.29) is 17.1 Å². The number of nitrogens with two attached hydrogens (primary N) is 4. The van der Waals surface area contributed by atoms with E-state index in [0.717, 1.165) is 24.3 Å². The SMILES string of the molecule is Nc1cc(F)c(N)c(F)c1.Nc1cc(F)c(N)cc1F. The molecule has 0 aliphatic heterocycles. The Hall–Kier alpha value is -2.64. The van der Waals surface area contributed by atoms with Gasteiger partial charge in [-0.3, -0.25) is 0 Å². The molecule has 8 N–H and O–H groups in total. The van der Waals surface area contributed by atoms with Gasteiger partial charge in [-0.1, -0.05) is 0 Å². The third-order valence-electron chi connectivity index (χ3n) is 2.22.